The molecule has 2 aromatic rings. The fourth-order valence-electron chi connectivity index (χ4n) is 2.47. The molecule has 0 saturated heterocycles. The molecule has 0 atom stereocenters. The Morgan fingerprint density at radius 2 is 2.11 bits per heavy atom. The number of halogens is 1. The van der Waals surface area contributed by atoms with E-state index in [4.69, 9.17) is 11.6 Å². The van der Waals surface area contributed by atoms with Crippen LogP contribution in [0, 0.1) is 5.92 Å². The lowest BCUT2D eigenvalue weighted by Crippen LogP contribution is -2.20. The van der Waals surface area contributed by atoms with Crippen molar-refractivity contribution >= 4 is 33.0 Å². The number of fused-ring (bicyclic) bond motifs is 1. The second-order valence-corrected chi connectivity index (χ2v) is 6.61. The maximum Gasteiger partial charge on any atom is 0.0636 e. The van der Waals surface area contributed by atoms with Crippen LogP contribution in [-0.4, -0.2) is 6.54 Å². The molecular weight excluding hydrogens is 262 g/mol. The minimum Gasteiger partial charge on any atom is -0.312 e. The zero-order chi connectivity index (χ0) is 12.4. The second-order valence-electron chi connectivity index (χ2n) is 5.10. The van der Waals surface area contributed by atoms with Crippen molar-refractivity contribution in [3.05, 3.63) is 34.2 Å². The normalized spacial score (nSPS) is 16.1. The lowest BCUT2D eigenvalue weighted by molar-refractivity contribution is 0.292. The summed E-state index contributed by atoms with van der Waals surface area (Å²) in [5.74, 6) is 0.982. The molecule has 1 aliphatic carbocycles. The first-order chi connectivity index (χ1) is 8.84. The highest BCUT2D eigenvalue weighted by Crippen LogP contribution is 2.35. The summed E-state index contributed by atoms with van der Waals surface area (Å²) >= 11 is 8.22. The Bertz CT molecular complexity index is 530. The Morgan fingerprint density at radius 1 is 1.28 bits per heavy atom. The summed E-state index contributed by atoms with van der Waals surface area (Å²) in [6.07, 6.45) is 5.63. The summed E-state index contributed by atoms with van der Waals surface area (Å²) in [5.41, 5.74) is 0. The van der Waals surface area contributed by atoms with Gasteiger partial charge in [0.15, 0.2) is 0 Å². The van der Waals surface area contributed by atoms with E-state index >= 15 is 0 Å². The van der Waals surface area contributed by atoms with Gasteiger partial charge in [-0.05, 0) is 24.9 Å². The molecule has 0 amide bonds. The molecular formula is C15H18ClNS. The summed E-state index contributed by atoms with van der Waals surface area (Å²) in [4.78, 5) is 1.27. The predicted octanol–water partition coefficient (Wildman–Crippen LogP) is 4.83. The van der Waals surface area contributed by atoms with E-state index in [9.17, 15) is 0 Å². The average Bonchev–Trinajstić information content (AvgIpc) is 2.65. The minimum absolute atomic E-state index is 0.908. The Morgan fingerprint density at radius 3 is 2.83 bits per heavy atom. The third-order valence-corrected chi connectivity index (χ3v) is 5.56. The molecule has 1 N–H and O–H groups in total. The van der Waals surface area contributed by atoms with Crippen LogP contribution in [0.5, 0.6) is 0 Å². The third kappa shape index (κ3) is 2.56. The van der Waals surface area contributed by atoms with Crippen molar-refractivity contribution < 1.29 is 0 Å². The Balaban J connectivity index is 1.58. The molecule has 3 rings (SSSR count). The standard InChI is InChI=1S/C15H18ClNS/c16-15-12-6-1-2-7-13(12)18-14(15)10-17-9-8-11-4-3-5-11/h1-2,6-7,11,17H,3-5,8-10H2. The third-order valence-electron chi connectivity index (χ3n) is 3.84. The molecule has 0 spiro atoms. The molecule has 1 aromatic heterocycles. The molecule has 1 heterocycles. The summed E-state index contributed by atoms with van der Waals surface area (Å²) in [5, 5.41) is 5.66. The molecule has 0 aliphatic heterocycles. The van der Waals surface area contributed by atoms with Gasteiger partial charge < -0.3 is 5.32 Å². The van der Waals surface area contributed by atoms with E-state index in [0.29, 0.717) is 0 Å². The molecule has 1 nitrogen and oxygen atoms in total. The minimum atomic E-state index is 0.908. The summed E-state index contributed by atoms with van der Waals surface area (Å²) < 4.78 is 1.29. The smallest absolute Gasteiger partial charge is 0.0636 e. The fourth-order valence-corrected chi connectivity index (χ4v) is 3.94. The zero-order valence-electron chi connectivity index (χ0n) is 10.4. The number of benzene rings is 1. The molecule has 1 fully saturated rings. The first kappa shape index (κ1) is 12.5. The molecule has 0 bridgehead atoms. The average molecular weight is 280 g/mol. The second kappa shape index (κ2) is 5.60. The maximum atomic E-state index is 6.41. The number of thiophene rings is 1. The topological polar surface area (TPSA) is 12.0 Å². The first-order valence-corrected chi connectivity index (χ1v) is 7.90. The Hall–Kier alpha value is -0.570. The van der Waals surface area contributed by atoms with Crippen molar-refractivity contribution in [1.29, 1.82) is 0 Å². The van der Waals surface area contributed by atoms with Crippen LogP contribution in [0.1, 0.15) is 30.6 Å². The van der Waals surface area contributed by atoms with Crippen LogP contribution in [0.3, 0.4) is 0 Å². The van der Waals surface area contributed by atoms with Crippen molar-refractivity contribution in [1.82, 2.24) is 5.32 Å². The van der Waals surface area contributed by atoms with Gasteiger partial charge in [-0.3, -0.25) is 0 Å². The highest BCUT2D eigenvalue weighted by molar-refractivity contribution is 7.19. The number of hydrogen-bond acceptors (Lipinski definition) is 2. The van der Waals surface area contributed by atoms with E-state index in [1.54, 1.807) is 0 Å². The monoisotopic (exact) mass is 279 g/mol. The molecule has 18 heavy (non-hydrogen) atoms. The van der Waals surface area contributed by atoms with Crippen LogP contribution in [0.4, 0.5) is 0 Å². The van der Waals surface area contributed by atoms with Gasteiger partial charge in [-0.25, -0.2) is 0 Å². The maximum absolute atomic E-state index is 6.41. The van der Waals surface area contributed by atoms with Gasteiger partial charge >= 0.3 is 0 Å². The van der Waals surface area contributed by atoms with Gasteiger partial charge in [0.05, 0.1) is 5.02 Å². The molecule has 1 saturated carbocycles. The van der Waals surface area contributed by atoms with Gasteiger partial charge in [-0.2, -0.15) is 0 Å². The quantitative estimate of drug-likeness (QED) is 0.773. The van der Waals surface area contributed by atoms with Crippen molar-refractivity contribution in [3.63, 3.8) is 0 Å². The van der Waals surface area contributed by atoms with E-state index in [2.05, 4.69) is 29.6 Å². The van der Waals surface area contributed by atoms with E-state index < -0.39 is 0 Å². The van der Waals surface area contributed by atoms with Gasteiger partial charge in [0.25, 0.3) is 0 Å². The van der Waals surface area contributed by atoms with Gasteiger partial charge in [0, 0.05) is 21.5 Å². The summed E-state index contributed by atoms with van der Waals surface area (Å²) in [6, 6.07) is 8.37. The van der Waals surface area contributed by atoms with E-state index in [1.807, 2.05) is 11.3 Å². The van der Waals surface area contributed by atoms with Crippen molar-refractivity contribution in [2.75, 3.05) is 6.54 Å². The predicted molar refractivity (Wildman–Crippen MR) is 80.5 cm³/mol. The molecule has 1 aromatic carbocycles. The van der Waals surface area contributed by atoms with Crippen LogP contribution in [0.2, 0.25) is 5.02 Å². The van der Waals surface area contributed by atoms with Gasteiger partial charge in [0.1, 0.15) is 0 Å². The molecule has 96 valence electrons. The van der Waals surface area contributed by atoms with Gasteiger partial charge in [-0.15, -0.1) is 11.3 Å². The lowest BCUT2D eigenvalue weighted by atomic mass is 9.83. The highest BCUT2D eigenvalue weighted by atomic mass is 35.5. The number of rotatable bonds is 5. The Kier molecular flexibility index (Phi) is 3.88. The van der Waals surface area contributed by atoms with E-state index in [1.165, 1.54) is 40.6 Å². The molecule has 3 heteroatoms. The summed E-state index contributed by atoms with van der Waals surface area (Å²) in [7, 11) is 0. The van der Waals surface area contributed by atoms with Crippen LogP contribution in [0.25, 0.3) is 10.1 Å². The number of hydrogen-bond donors (Lipinski definition) is 1. The SMILES string of the molecule is Clc1c(CNCCC2CCC2)sc2ccccc12. The molecule has 1 aliphatic rings. The van der Waals surface area contributed by atoms with E-state index in [-0.39, 0.29) is 0 Å². The number of nitrogens with one attached hydrogen (secondary N) is 1. The van der Waals surface area contributed by atoms with Crippen molar-refractivity contribution in [2.45, 2.75) is 32.2 Å². The van der Waals surface area contributed by atoms with E-state index in [0.717, 1.165) is 24.0 Å². The molecule has 0 radical (unpaired) electrons. The van der Waals surface area contributed by atoms with Crippen LogP contribution < -0.4 is 5.32 Å². The van der Waals surface area contributed by atoms with Crippen LogP contribution >= 0.6 is 22.9 Å². The van der Waals surface area contributed by atoms with Crippen LogP contribution in [-0.2, 0) is 6.54 Å². The molecule has 0 unspecified atom stereocenters. The summed E-state index contributed by atoms with van der Waals surface area (Å²) in [6.45, 7) is 2.03. The largest absolute Gasteiger partial charge is 0.312 e. The van der Waals surface area contributed by atoms with Gasteiger partial charge in [-0.1, -0.05) is 49.1 Å². The lowest BCUT2D eigenvalue weighted by Gasteiger charge is -2.25. The first-order valence-electron chi connectivity index (χ1n) is 6.71. The zero-order valence-corrected chi connectivity index (χ0v) is 12.0. The van der Waals surface area contributed by atoms with Gasteiger partial charge in [0.2, 0.25) is 0 Å². The Labute approximate surface area is 117 Å². The van der Waals surface area contributed by atoms with Crippen LogP contribution in [0.15, 0.2) is 24.3 Å². The van der Waals surface area contributed by atoms with Crippen molar-refractivity contribution in [3.8, 4) is 0 Å². The fraction of sp³-hybridized carbons (Fsp3) is 0.467. The van der Waals surface area contributed by atoms with Crippen molar-refractivity contribution in [2.24, 2.45) is 5.92 Å². The highest BCUT2D eigenvalue weighted by Gasteiger charge is 2.16.